The van der Waals surface area contributed by atoms with Crippen LogP contribution in [0.2, 0.25) is 0 Å². The molecule has 0 spiro atoms. The molecular formula is C15H22N2O. The van der Waals surface area contributed by atoms with Gasteiger partial charge >= 0.3 is 0 Å². The van der Waals surface area contributed by atoms with Crippen LogP contribution in [0.25, 0.3) is 0 Å². The molecule has 1 fully saturated rings. The first-order valence-electron chi connectivity index (χ1n) is 6.84. The third-order valence-corrected chi connectivity index (χ3v) is 3.90. The molecule has 1 aliphatic carbocycles. The number of anilines is 1. The van der Waals surface area contributed by atoms with E-state index in [2.05, 4.69) is 18.3 Å². The molecule has 0 aliphatic heterocycles. The van der Waals surface area contributed by atoms with Gasteiger partial charge in [0.2, 0.25) is 5.91 Å². The molecule has 0 aromatic heterocycles. The number of carbonyl (C=O) groups excluding carboxylic acids is 1. The van der Waals surface area contributed by atoms with Crippen LogP contribution in [0.3, 0.4) is 0 Å². The van der Waals surface area contributed by atoms with Gasteiger partial charge in [-0.05, 0) is 49.4 Å². The van der Waals surface area contributed by atoms with Crippen LogP contribution in [0.4, 0.5) is 5.69 Å². The quantitative estimate of drug-likeness (QED) is 0.858. The minimum absolute atomic E-state index is 0.0975. The van der Waals surface area contributed by atoms with Gasteiger partial charge in [-0.15, -0.1) is 0 Å². The molecule has 0 unspecified atom stereocenters. The Bertz CT molecular complexity index is 417. The number of hydrogen-bond donors (Lipinski definition) is 2. The zero-order valence-corrected chi connectivity index (χ0v) is 11.0. The second kappa shape index (κ2) is 6.01. The fraction of sp³-hybridized carbons (Fsp3) is 0.533. The number of aryl methyl sites for hydroxylation is 1. The van der Waals surface area contributed by atoms with Crippen molar-refractivity contribution in [1.82, 2.24) is 0 Å². The fourth-order valence-corrected chi connectivity index (χ4v) is 2.77. The molecule has 3 nitrogen and oxygen atoms in total. The summed E-state index contributed by atoms with van der Waals surface area (Å²) in [7, 11) is 0. The van der Waals surface area contributed by atoms with Gasteiger partial charge in [0.1, 0.15) is 0 Å². The fourth-order valence-electron chi connectivity index (χ4n) is 2.77. The summed E-state index contributed by atoms with van der Waals surface area (Å²) in [5.41, 5.74) is 7.87. The molecule has 2 atom stereocenters. The minimum Gasteiger partial charge on any atom is -0.330 e. The summed E-state index contributed by atoms with van der Waals surface area (Å²) in [4.78, 5) is 12.2. The number of carbonyl (C=O) groups is 1. The summed E-state index contributed by atoms with van der Waals surface area (Å²) in [5.74, 6) is 0.593. The molecule has 0 radical (unpaired) electrons. The zero-order valence-electron chi connectivity index (χ0n) is 11.0. The molecule has 0 heterocycles. The van der Waals surface area contributed by atoms with Crippen molar-refractivity contribution in [2.45, 2.75) is 32.6 Å². The SMILES string of the molecule is CCc1cccc(NC(=O)[C@@H]2CCC[C@@H]2CN)c1. The summed E-state index contributed by atoms with van der Waals surface area (Å²) in [5, 5.41) is 3.03. The zero-order chi connectivity index (χ0) is 13.0. The first-order valence-corrected chi connectivity index (χ1v) is 6.84. The summed E-state index contributed by atoms with van der Waals surface area (Å²) in [6.07, 6.45) is 4.16. The Hall–Kier alpha value is -1.35. The number of nitrogens with two attached hydrogens (primary N) is 1. The van der Waals surface area contributed by atoms with Crippen molar-refractivity contribution in [2.24, 2.45) is 17.6 Å². The lowest BCUT2D eigenvalue weighted by Gasteiger charge is -2.17. The third-order valence-electron chi connectivity index (χ3n) is 3.90. The van der Waals surface area contributed by atoms with Crippen LogP contribution in [0.15, 0.2) is 24.3 Å². The van der Waals surface area contributed by atoms with E-state index in [1.807, 2.05) is 18.2 Å². The first kappa shape index (κ1) is 13.1. The van der Waals surface area contributed by atoms with Crippen molar-refractivity contribution < 1.29 is 4.79 Å². The van der Waals surface area contributed by atoms with Gasteiger partial charge in [0.15, 0.2) is 0 Å². The van der Waals surface area contributed by atoms with Gasteiger partial charge in [-0.1, -0.05) is 25.5 Å². The highest BCUT2D eigenvalue weighted by molar-refractivity contribution is 5.93. The smallest absolute Gasteiger partial charge is 0.227 e. The Morgan fingerprint density at radius 3 is 3.00 bits per heavy atom. The molecule has 3 N–H and O–H groups in total. The molecule has 1 aromatic rings. The van der Waals surface area contributed by atoms with Gasteiger partial charge < -0.3 is 11.1 Å². The van der Waals surface area contributed by atoms with Gasteiger partial charge in [-0.25, -0.2) is 0 Å². The van der Waals surface area contributed by atoms with Crippen molar-refractivity contribution in [3.8, 4) is 0 Å². The number of nitrogens with one attached hydrogen (secondary N) is 1. The third kappa shape index (κ3) is 2.91. The summed E-state index contributed by atoms with van der Waals surface area (Å²) in [6, 6.07) is 8.06. The number of benzene rings is 1. The molecule has 1 amide bonds. The van der Waals surface area contributed by atoms with Gasteiger partial charge in [-0.2, -0.15) is 0 Å². The van der Waals surface area contributed by atoms with Crippen LogP contribution in [-0.4, -0.2) is 12.5 Å². The van der Waals surface area contributed by atoms with Crippen LogP contribution in [-0.2, 0) is 11.2 Å². The molecule has 0 bridgehead atoms. The van der Waals surface area contributed by atoms with E-state index in [1.165, 1.54) is 5.56 Å². The Morgan fingerprint density at radius 2 is 2.28 bits per heavy atom. The van der Waals surface area contributed by atoms with Gasteiger partial charge in [-0.3, -0.25) is 4.79 Å². The van der Waals surface area contributed by atoms with E-state index in [-0.39, 0.29) is 11.8 Å². The maximum atomic E-state index is 12.2. The Balaban J connectivity index is 2.02. The van der Waals surface area contributed by atoms with E-state index in [4.69, 9.17) is 5.73 Å². The van der Waals surface area contributed by atoms with E-state index in [0.717, 1.165) is 31.4 Å². The number of rotatable bonds is 4. The first-order chi connectivity index (χ1) is 8.74. The summed E-state index contributed by atoms with van der Waals surface area (Å²) >= 11 is 0. The molecule has 0 saturated heterocycles. The van der Waals surface area contributed by atoms with Gasteiger partial charge in [0, 0.05) is 11.6 Å². The van der Waals surface area contributed by atoms with E-state index in [9.17, 15) is 4.79 Å². The van der Waals surface area contributed by atoms with Crippen LogP contribution in [0.5, 0.6) is 0 Å². The van der Waals surface area contributed by atoms with Crippen molar-refractivity contribution >= 4 is 11.6 Å². The van der Waals surface area contributed by atoms with Crippen LogP contribution < -0.4 is 11.1 Å². The van der Waals surface area contributed by atoms with Crippen molar-refractivity contribution in [1.29, 1.82) is 0 Å². The lowest BCUT2D eigenvalue weighted by molar-refractivity contribution is -0.120. The minimum atomic E-state index is 0.0975. The van der Waals surface area contributed by atoms with Crippen LogP contribution >= 0.6 is 0 Å². The second-order valence-electron chi connectivity index (χ2n) is 5.08. The topological polar surface area (TPSA) is 55.1 Å². The van der Waals surface area contributed by atoms with Crippen molar-refractivity contribution in [2.75, 3.05) is 11.9 Å². The van der Waals surface area contributed by atoms with E-state index in [0.29, 0.717) is 12.5 Å². The molecule has 2 rings (SSSR count). The molecule has 3 heteroatoms. The second-order valence-corrected chi connectivity index (χ2v) is 5.08. The van der Waals surface area contributed by atoms with E-state index >= 15 is 0 Å². The summed E-state index contributed by atoms with van der Waals surface area (Å²) in [6.45, 7) is 2.73. The van der Waals surface area contributed by atoms with Crippen LogP contribution in [0.1, 0.15) is 31.7 Å². The molecular weight excluding hydrogens is 224 g/mol. The Kier molecular flexibility index (Phi) is 4.37. The maximum Gasteiger partial charge on any atom is 0.227 e. The Morgan fingerprint density at radius 1 is 1.44 bits per heavy atom. The normalized spacial score (nSPS) is 23.0. The van der Waals surface area contributed by atoms with Crippen LogP contribution in [0, 0.1) is 11.8 Å². The molecule has 98 valence electrons. The molecule has 1 aliphatic rings. The molecule has 1 aromatic carbocycles. The average Bonchev–Trinajstić information content (AvgIpc) is 2.87. The predicted molar refractivity (Wildman–Crippen MR) is 74.3 cm³/mol. The average molecular weight is 246 g/mol. The highest BCUT2D eigenvalue weighted by atomic mass is 16.1. The van der Waals surface area contributed by atoms with E-state index < -0.39 is 0 Å². The monoisotopic (exact) mass is 246 g/mol. The highest BCUT2D eigenvalue weighted by Crippen LogP contribution is 2.31. The summed E-state index contributed by atoms with van der Waals surface area (Å²) < 4.78 is 0. The van der Waals surface area contributed by atoms with Gasteiger partial charge in [0.05, 0.1) is 0 Å². The van der Waals surface area contributed by atoms with Crippen molar-refractivity contribution in [3.63, 3.8) is 0 Å². The molecule has 1 saturated carbocycles. The number of hydrogen-bond acceptors (Lipinski definition) is 2. The predicted octanol–water partition coefficient (Wildman–Crippen LogP) is 2.56. The lowest BCUT2D eigenvalue weighted by atomic mass is 9.95. The lowest BCUT2D eigenvalue weighted by Crippen LogP contribution is -2.29. The van der Waals surface area contributed by atoms with Gasteiger partial charge in [0.25, 0.3) is 0 Å². The highest BCUT2D eigenvalue weighted by Gasteiger charge is 2.31. The number of amides is 1. The maximum absolute atomic E-state index is 12.2. The molecule has 18 heavy (non-hydrogen) atoms. The largest absolute Gasteiger partial charge is 0.330 e. The van der Waals surface area contributed by atoms with Crippen molar-refractivity contribution in [3.05, 3.63) is 29.8 Å². The Labute approximate surface area is 109 Å². The standard InChI is InChI=1S/C15H22N2O/c1-2-11-5-3-7-13(9-11)17-15(18)14-8-4-6-12(14)10-16/h3,5,7,9,12,14H,2,4,6,8,10,16H2,1H3,(H,17,18)/t12-,14-/m1/s1. The van der Waals surface area contributed by atoms with E-state index in [1.54, 1.807) is 0 Å².